The number of benzene rings is 5. The van der Waals surface area contributed by atoms with E-state index < -0.39 is 18.3 Å². The van der Waals surface area contributed by atoms with Crippen LogP contribution in [0.4, 0.5) is 17.6 Å². The van der Waals surface area contributed by atoms with Crippen LogP contribution in [0.25, 0.3) is 49.4 Å². The molecular formula is C42H46F4N+. The van der Waals surface area contributed by atoms with Crippen molar-refractivity contribution in [3.63, 3.8) is 0 Å². The average molecular weight is 641 g/mol. The van der Waals surface area contributed by atoms with Gasteiger partial charge in [0, 0.05) is 39.5 Å². The van der Waals surface area contributed by atoms with E-state index in [1.807, 2.05) is 76.2 Å². The standard InChI is InChI=1S/C38H33F4N.2C2H6/c1-3-4-18-43-22-34-32(28(24(2)40)14-9-17-39)19-25-10-5-7-12-29(25)37(34)38-30-13-8-6-11-26(30)20-33(35(38)23-43)31-16-15-27(41)21-36(31)42;2*1-2/h5-16,19-21H,3-4,17-18,22-23H2,1-2H3;2*1-2H3/p+1/b14-9-,28-24-;;. The van der Waals surface area contributed by atoms with Crippen LogP contribution in [0.5, 0.6) is 0 Å². The number of hydrogen-bond donors (Lipinski definition) is 1. The zero-order chi connectivity index (χ0) is 34.1. The first-order valence-corrected chi connectivity index (χ1v) is 16.9. The molecule has 0 radical (unpaired) electrons. The van der Waals surface area contributed by atoms with Crippen molar-refractivity contribution < 1.29 is 22.5 Å². The van der Waals surface area contributed by atoms with E-state index in [-0.39, 0.29) is 5.83 Å². The Balaban J connectivity index is 0.00000120. The molecule has 1 atom stereocenters. The molecule has 1 unspecified atom stereocenters. The van der Waals surface area contributed by atoms with Crippen LogP contribution in [0.3, 0.4) is 0 Å². The number of rotatable bonds is 7. The lowest BCUT2D eigenvalue weighted by Gasteiger charge is -2.21. The van der Waals surface area contributed by atoms with Gasteiger partial charge in [-0.15, -0.1) is 0 Å². The third-order valence-electron chi connectivity index (χ3n) is 8.56. The summed E-state index contributed by atoms with van der Waals surface area (Å²) in [5.74, 6) is -1.61. The van der Waals surface area contributed by atoms with Crippen LogP contribution in [0.15, 0.2) is 96.8 Å². The minimum Gasteiger partial charge on any atom is -0.327 e. The molecule has 5 aromatic rings. The fourth-order valence-electron chi connectivity index (χ4n) is 6.63. The van der Waals surface area contributed by atoms with Gasteiger partial charge in [0.2, 0.25) is 0 Å². The van der Waals surface area contributed by atoms with Crippen LogP contribution in [-0.4, -0.2) is 13.2 Å². The van der Waals surface area contributed by atoms with Gasteiger partial charge in [0.1, 0.15) is 37.2 Å². The topological polar surface area (TPSA) is 4.44 Å². The molecule has 0 aliphatic carbocycles. The highest BCUT2D eigenvalue weighted by atomic mass is 19.1. The molecule has 1 aliphatic rings. The largest absolute Gasteiger partial charge is 0.327 e. The van der Waals surface area contributed by atoms with Crippen molar-refractivity contribution in [2.45, 2.75) is 67.5 Å². The van der Waals surface area contributed by atoms with Gasteiger partial charge < -0.3 is 4.90 Å². The quantitative estimate of drug-likeness (QED) is 0.133. The molecule has 0 fully saturated rings. The summed E-state index contributed by atoms with van der Waals surface area (Å²) in [7, 11) is 0. The number of nitrogens with one attached hydrogen (secondary N) is 1. The molecule has 0 saturated heterocycles. The molecule has 0 amide bonds. The minimum absolute atomic E-state index is 0.355. The maximum Gasteiger partial charge on any atom is 0.133 e. The Morgan fingerprint density at radius 2 is 1.36 bits per heavy atom. The first kappa shape index (κ1) is 35.6. The van der Waals surface area contributed by atoms with Gasteiger partial charge in [-0.2, -0.15) is 0 Å². The number of halogens is 4. The smallest absolute Gasteiger partial charge is 0.133 e. The van der Waals surface area contributed by atoms with E-state index in [0.29, 0.717) is 24.2 Å². The van der Waals surface area contributed by atoms with Crippen molar-refractivity contribution in [2.75, 3.05) is 13.2 Å². The summed E-state index contributed by atoms with van der Waals surface area (Å²) < 4.78 is 58.2. The SMILES string of the molecule is CC.CC.CCCC[NH+]1Cc2c(C(/C=C\CF)=C(/C)F)cc3ccccc3c2-c2c(c(-c3ccc(F)cc3F)cc3ccccc23)C1. The Morgan fingerprint density at radius 3 is 1.96 bits per heavy atom. The molecule has 47 heavy (non-hydrogen) atoms. The van der Waals surface area contributed by atoms with Crippen molar-refractivity contribution in [1.82, 2.24) is 0 Å². The third kappa shape index (κ3) is 7.36. The number of unbranched alkanes of at least 4 members (excludes halogenated alkanes) is 1. The summed E-state index contributed by atoms with van der Waals surface area (Å²) in [6.07, 6.45) is 4.89. The maximum atomic E-state index is 15.5. The minimum atomic E-state index is -0.694. The highest BCUT2D eigenvalue weighted by Crippen LogP contribution is 2.46. The molecule has 1 N–H and O–H groups in total. The lowest BCUT2D eigenvalue weighted by molar-refractivity contribution is -0.927. The second kappa shape index (κ2) is 16.6. The van der Waals surface area contributed by atoms with E-state index in [0.717, 1.165) is 80.4 Å². The Labute approximate surface area is 277 Å². The van der Waals surface area contributed by atoms with Crippen molar-refractivity contribution >= 4 is 27.1 Å². The number of hydrogen-bond acceptors (Lipinski definition) is 0. The fraction of sp³-hybridized carbons (Fsp3) is 0.286. The van der Waals surface area contributed by atoms with Crippen LogP contribution in [0, 0.1) is 11.6 Å². The summed E-state index contributed by atoms with van der Waals surface area (Å²) in [4.78, 5) is 1.27. The second-order valence-electron chi connectivity index (χ2n) is 11.3. The predicted molar refractivity (Wildman–Crippen MR) is 192 cm³/mol. The van der Waals surface area contributed by atoms with Crippen molar-refractivity contribution in [2.24, 2.45) is 0 Å². The molecule has 0 saturated carbocycles. The molecule has 0 spiro atoms. The van der Waals surface area contributed by atoms with Gasteiger partial charge in [0.15, 0.2) is 0 Å². The third-order valence-corrected chi connectivity index (χ3v) is 8.56. The van der Waals surface area contributed by atoms with E-state index in [2.05, 4.69) is 19.1 Å². The number of alkyl halides is 1. The highest BCUT2D eigenvalue weighted by molar-refractivity contribution is 6.11. The van der Waals surface area contributed by atoms with Crippen LogP contribution >= 0.6 is 0 Å². The lowest BCUT2D eigenvalue weighted by atomic mass is 9.82. The molecule has 0 aromatic heterocycles. The van der Waals surface area contributed by atoms with E-state index in [4.69, 9.17) is 0 Å². The summed E-state index contributed by atoms with van der Waals surface area (Å²) in [5, 5.41) is 3.92. The van der Waals surface area contributed by atoms with Crippen molar-refractivity contribution in [3.05, 3.63) is 125 Å². The molecule has 0 bridgehead atoms. The van der Waals surface area contributed by atoms with Gasteiger partial charge in [-0.3, -0.25) is 0 Å². The Morgan fingerprint density at radius 1 is 0.766 bits per heavy atom. The molecule has 5 heteroatoms. The van der Waals surface area contributed by atoms with Gasteiger partial charge in [-0.25, -0.2) is 17.6 Å². The lowest BCUT2D eigenvalue weighted by Crippen LogP contribution is -3.09. The molecule has 246 valence electrons. The first-order valence-electron chi connectivity index (χ1n) is 16.9. The molecule has 1 nitrogen and oxygen atoms in total. The van der Waals surface area contributed by atoms with E-state index in [1.165, 1.54) is 30.0 Å². The Bertz CT molecular complexity index is 1900. The van der Waals surface area contributed by atoms with E-state index >= 15 is 8.78 Å². The Hall–Kier alpha value is -4.22. The predicted octanol–water partition coefficient (Wildman–Crippen LogP) is 11.6. The van der Waals surface area contributed by atoms with Gasteiger partial charge in [-0.05, 0) is 70.3 Å². The van der Waals surface area contributed by atoms with Gasteiger partial charge in [0.05, 0.1) is 6.54 Å². The Kier molecular flexibility index (Phi) is 12.6. The maximum absolute atomic E-state index is 15.5. The highest BCUT2D eigenvalue weighted by Gasteiger charge is 2.31. The average Bonchev–Trinajstić information content (AvgIpc) is 3.27. The van der Waals surface area contributed by atoms with Gasteiger partial charge in [-0.1, -0.05) is 102 Å². The van der Waals surface area contributed by atoms with Gasteiger partial charge in [0.25, 0.3) is 0 Å². The van der Waals surface area contributed by atoms with E-state index in [1.54, 1.807) is 6.08 Å². The summed E-state index contributed by atoms with van der Waals surface area (Å²) in [6, 6.07) is 23.9. The molecule has 1 heterocycles. The molecular weight excluding hydrogens is 594 g/mol. The summed E-state index contributed by atoms with van der Waals surface area (Å²) in [6.45, 7) is 13.0. The molecule has 6 rings (SSSR count). The molecule has 1 aliphatic heterocycles. The van der Waals surface area contributed by atoms with Crippen LogP contribution in [-0.2, 0) is 13.1 Å². The normalized spacial score (nSPS) is 14.4. The molecule has 5 aromatic carbocycles. The van der Waals surface area contributed by atoms with E-state index in [9.17, 15) is 8.78 Å². The summed E-state index contributed by atoms with van der Waals surface area (Å²) >= 11 is 0. The number of quaternary nitrogens is 1. The zero-order valence-electron chi connectivity index (χ0n) is 28.4. The first-order chi connectivity index (χ1) is 22.9. The second-order valence-corrected chi connectivity index (χ2v) is 11.3. The fourth-order valence-corrected chi connectivity index (χ4v) is 6.63. The van der Waals surface area contributed by atoms with Crippen molar-refractivity contribution in [1.29, 1.82) is 0 Å². The number of allylic oxidation sites excluding steroid dienone is 4. The number of fused-ring (bicyclic) bond motifs is 7. The van der Waals surface area contributed by atoms with Crippen LogP contribution in [0.2, 0.25) is 0 Å². The summed E-state index contributed by atoms with van der Waals surface area (Å²) in [5.41, 5.74) is 6.14. The van der Waals surface area contributed by atoms with Crippen molar-refractivity contribution in [3.8, 4) is 22.3 Å². The zero-order valence-corrected chi connectivity index (χ0v) is 28.4. The van der Waals surface area contributed by atoms with Crippen LogP contribution in [0.1, 0.15) is 71.1 Å². The van der Waals surface area contributed by atoms with Crippen LogP contribution < -0.4 is 4.90 Å². The monoisotopic (exact) mass is 640 g/mol. The van der Waals surface area contributed by atoms with Gasteiger partial charge >= 0.3 is 0 Å².